The number of aromatic nitrogens is 1. The molecule has 4 bridgehead atoms. The van der Waals surface area contributed by atoms with E-state index in [1.807, 2.05) is 0 Å². The van der Waals surface area contributed by atoms with Gasteiger partial charge in [0.05, 0.1) is 5.56 Å². The molecule has 0 saturated heterocycles. The van der Waals surface area contributed by atoms with Gasteiger partial charge >= 0.3 is 5.97 Å². The van der Waals surface area contributed by atoms with E-state index in [2.05, 4.69) is 4.98 Å². The summed E-state index contributed by atoms with van der Waals surface area (Å²) in [6, 6.07) is 3.06. The van der Waals surface area contributed by atoms with Crippen LogP contribution in [0.4, 0.5) is 0 Å². The van der Waals surface area contributed by atoms with Gasteiger partial charge in [0, 0.05) is 12.3 Å². The van der Waals surface area contributed by atoms with Crippen molar-refractivity contribution in [1.29, 1.82) is 0 Å². The van der Waals surface area contributed by atoms with Crippen LogP contribution in [0.3, 0.4) is 0 Å². The lowest BCUT2D eigenvalue weighted by atomic mass is 9.55. The molecule has 4 nitrogen and oxygen atoms in total. The van der Waals surface area contributed by atoms with Gasteiger partial charge in [-0.1, -0.05) is 0 Å². The number of rotatable bonds is 3. The molecule has 0 aliphatic heterocycles. The number of hydrogen-bond donors (Lipinski definition) is 1. The zero-order valence-electron chi connectivity index (χ0n) is 11.4. The Balaban J connectivity index is 1.54. The Morgan fingerprint density at radius 2 is 1.80 bits per heavy atom. The molecule has 0 radical (unpaired) electrons. The van der Waals surface area contributed by atoms with Crippen LogP contribution in [0.15, 0.2) is 18.3 Å². The van der Waals surface area contributed by atoms with Crippen LogP contribution < -0.4 is 4.74 Å². The smallest absolute Gasteiger partial charge is 0.335 e. The highest BCUT2D eigenvalue weighted by Gasteiger charge is 2.49. The molecule has 0 atom stereocenters. The van der Waals surface area contributed by atoms with Crippen LogP contribution in [0.2, 0.25) is 0 Å². The van der Waals surface area contributed by atoms with Gasteiger partial charge in [0.1, 0.15) is 6.10 Å². The first-order chi connectivity index (χ1) is 9.69. The van der Waals surface area contributed by atoms with Crippen molar-refractivity contribution in [3.05, 3.63) is 23.9 Å². The van der Waals surface area contributed by atoms with E-state index in [0.717, 1.165) is 11.8 Å². The van der Waals surface area contributed by atoms with Gasteiger partial charge < -0.3 is 9.84 Å². The molecule has 1 aromatic heterocycles. The van der Waals surface area contributed by atoms with Gasteiger partial charge in [-0.15, -0.1) is 0 Å². The SMILES string of the molecule is O=C(O)c1ccnc(OC2C3CC4CC(C3)CC2C4)c1. The summed E-state index contributed by atoms with van der Waals surface area (Å²) in [4.78, 5) is 15.2. The van der Waals surface area contributed by atoms with E-state index in [4.69, 9.17) is 9.84 Å². The molecule has 1 N–H and O–H groups in total. The van der Waals surface area contributed by atoms with E-state index in [9.17, 15) is 4.79 Å². The topological polar surface area (TPSA) is 59.4 Å². The largest absolute Gasteiger partial charge is 0.478 e. The highest BCUT2D eigenvalue weighted by atomic mass is 16.5. The molecule has 5 rings (SSSR count). The lowest BCUT2D eigenvalue weighted by Gasteiger charge is -2.53. The standard InChI is InChI=1S/C16H19NO3/c18-16(19)11-1-2-17-14(8-11)20-15-12-4-9-3-10(6-12)7-13(15)5-9/h1-2,8-10,12-13,15H,3-7H2,(H,18,19). The first-order valence-electron chi connectivity index (χ1n) is 7.55. The Bertz CT molecular complexity index is 514. The van der Waals surface area contributed by atoms with Crippen molar-refractivity contribution in [1.82, 2.24) is 4.98 Å². The summed E-state index contributed by atoms with van der Waals surface area (Å²) in [6.07, 6.45) is 8.35. The van der Waals surface area contributed by atoms with Crippen molar-refractivity contribution in [2.24, 2.45) is 23.7 Å². The predicted molar refractivity (Wildman–Crippen MR) is 72.7 cm³/mol. The summed E-state index contributed by atoms with van der Waals surface area (Å²) in [6.45, 7) is 0. The van der Waals surface area contributed by atoms with Crippen molar-refractivity contribution in [2.75, 3.05) is 0 Å². The molecule has 0 unspecified atom stereocenters. The summed E-state index contributed by atoms with van der Waals surface area (Å²) in [5.74, 6) is 2.68. The maximum Gasteiger partial charge on any atom is 0.335 e. The lowest BCUT2D eigenvalue weighted by molar-refractivity contribution is -0.0805. The summed E-state index contributed by atoms with van der Waals surface area (Å²) in [7, 11) is 0. The zero-order chi connectivity index (χ0) is 13.7. The summed E-state index contributed by atoms with van der Waals surface area (Å²) < 4.78 is 6.11. The Labute approximate surface area is 118 Å². The van der Waals surface area contributed by atoms with Gasteiger partial charge in [0.2, 0.25) is 5.88 Å². The third-order valence-electron chi connectivity index (χ3n) is 5.38. The molecule has 4 fully saturated rings. The molecule has 4 heteroatoms. The molecule has 0 spiro atoms. The molecular weight excluding hydrogens is 254 g/mol. The number of carbonyl (C=O) groups is 1. The molecule has 4 aliphatic carbocycles. The quantitative estimate of drug-likeness (QED) is 0.919. The van der Waals surface area contributed by atoms with Gasteiger partial charge in [-0.05, 0) is 61.8 Å². The van der Waals surface area contributed by atoms with E-state index in [0.29, 0.717) is 17.7 Å². The summed E-state index contributed by atoms with van der Waals surface area (Å²) >= 11 is 0. The maximum atomic E-state index is 11.0. The second-order valence-corrected chi connectivity index (χ2v) is 6.70. The van der Waals surface area contributed by atoms with Gasteiger partial charge in [-0.3, -0.25) is 0 Å². The monoisotopic (exact) mass is 273 g/mol. The molecular formula is C16H19NO3. The van der Waals surface area contributed by atoms with Crippen LogP contribution in [-0.4, -0.2) is 22.2 Å². The number of aromatic carboxylic acids is 1. The number of carboxylic acids is 1. The minimum absolute atomic E-state index is 0.249. The first kappa shape index (κ1) is 12.2. The molecule has 0 amide bonds. The molecule has 1 heterocycles. The summed E-state index contributed by atoms with van der Waals surface area (Å²) in [5, 5.41) is 9.03. The molecule has 4 saturated carbocycles. The fourth-order valence-electron chi connectivity index (χ4n) is 4.81. The normalized spacial score (nSPS) is 37.9. The lowest BCUT2D eigenvalue weighted by Crippen LogP contribution is -2.50. The third-order valence-corrected chi connectivity index (χ3v) is 5.38. The van der Waals surface area contributed by atoms with E-state index in [1.165, 1.54) is 44.4 Å². The third kappa shape index (κ3) is 1.98. The van der Waals surface area contributed by atoms with Crippen molar-refractivity contribution < 1.29 is 14.6 Å². The van der Waals surface area contributed by atoms with Gasteiger partial charge in [0.25, 0.3) is 0 Å². The number of carboxylic acid groups (broad SMARTS) is 1. The van der Waals surface area contributed by atoms with E-state index in [-0.39, 0.29) is 11.7 Å². The van der Waals surface area contributed by atoms with Gasteiger partial charge in [-0.2, -0.15) is 0 Å². The van der Waals surface area contributed by atoms with Crippen LogP contribution in [0.5, 0.6) is 5.88 Å². The number of hydrogen-bond acceptors (Lipinski definition) is 3. The van der Waals surface area contributed by atoms with Crippen LogP contribution >= 0.6 is 0 Å². The number of pyridine rings is 1. The average molecular weight is 273 g/mol. The van der Waals surface area contributed by atoms with Crippen LogP contribution in [0.25, 0.3) is 0 Å². The highest BCUT2D eigenvalue weighted by molar-refractivity contribution is 5.87. The number of ether oxygens (including phenoxy) is 1. The van der Waals surface area contributed by atoms with Crippen molar-refractivity contribution in [3.8, 4) is 5.88 Å². The van der Waals surface area contributed by atoms with E-state index < -0.39 is 5.97 Å². The molecule has 4 aliphatic rings. The minimum atomic E-state index is -0.928. The predicted octanol–water partition coefficient (Wildman–Crippen LogP) is 2.98. The zero-order valence-corrected chi connectivity index (χ0v) is 11.4. The molecule has 0 aromatic carbocycles. The maximum absolute atomic E-state index is 11.0. The highest BCUT2D eigenvalue weighted by Crippen LogP contribution is 2.54. The Hall–Kier alpha value is -1.58. The van der Waals surface area contributed by atoms with E-state index >= 15 is 0 Å². The van der Waals surface area contributed by atoms with Crippen molar-refractivity contribution in [3.63, 3.8) is 0 Å². The number of nitrogens with zero attached hydrogens (tertiary/aromatic N) is 1. The minimum Gasteiger partial charge on any atom is -0.478 e. The van der Waals surface area contributed by atoms with Crippen molar-refractivity contribution in [2.45, 2.75) is 38.2 Å². The first-order valence-corrected chi connectivity index (χ1v) is 7.55. The Morgan fingerprint density at radius 3 is 2.40 bits per heavy atom. The van der Waals surface area contributed by atoms with Crippen molar-refractivity contribution >= 4 is 5.97 Å². The molecule has 106 valence electrons. The second kappa shape index (κ2) is 4.47. The Morgan fingerprint density at radius 1 is 1.15 bits per heavy atom. The molecule has 1 aromatic rings. The fraction of sp³-hybridized carbons (Fsp3) is 0.625. The summed E-state index contributed by atoms with van der Waals surface area (Å²) in [5.41, 5.74) is 0.249. The average Bonchev–Trinajstić information content (AvgIpc) is 2.42. The fourth-order valence-corrected chi connectivity index (χ4v) is 4.81. The van der Waals surface area contributed by atoms with Crippen LogP contribution in [-0.2, 0) is 0 Å². The van der Waals surface area contributed by atoms with Crippen LogP contribution in [0, 0.1) is 23.7 Å². The van der Waals surface area contributed by atoms with Gasteiger partial charge in [-0.25, -0.2) is 9.78 Å². The van der Waals surface area contributed by atoms with Gasteiger partial charge in [0.15, 0.2) is 0 Å². The Kier molecular flexibility index (Phi) is 2.72. The second-order valence-electron chi connectivity index (χ2n) is 6.70. The molecule has 20 heavy (non-hydrogen) atoms. The van der Waals surface area contributed by atoms with E-state index in [1.54, 1.807) is 6.07 Å². The van der Waals surface area contributed by atoms with Crippen LogP contribution in [0.1, 0.15) is 42.5 Å².